The van der Waals surface area contributed by atoms with Gasteiger partial charge in [-0.3, -0.25) is 14.6 Å². The number of piperidine rings is 1. The second-order valence-electron chi connectivity index (χ2n) is 8.29. The first-order valence-corrected chi connectivity index (χ1v) is 11.1. The number of carbonyl (C=O) groups is 2. The number of aromatic nitrogens is 1. The summed E-state index contributed by atoms with van der Waals surface area (Å²) in [5.41, 5.74) is 7.44. The average molecular weight is 402 g/mol. The molecule has 3 heterocycles. The van der Waals surface area contributed by atoms with Gasteiger partial charge in [0.15, 0.2) is 0 Å². The zero-order valence-corrected chi connectivity index (χ0v) is 17.6. The lowest BCUT2D eigenvalue weighted by Gasteiger charge is -2.38. The molecule has 0 aliphatic carbocycles. The summed E-state index contributed by atoms with van der Waals surface area (Å²) < 4.78 is 0. The zero-order chi connectivity index (χ0) is 20.6. The molecule has 2 aliphatic heterocycles. The van der Waals surface area contributed by atoms with Gasteiger partial charge < -0.3 is 20.4 Å². The van der Waals surface area contributed by atoms with E-state index in [0.29, 0.717) is 25.4 Å². The first kappa shape index (κ1) is 21.6. The van der Waals surface area contributed by atoms with Crippen molar-refractivity contribution >= 4 is 17.5 Å². The molecule has 0 aromatic carbocycles. The Bertz CT molecular complexity index is 652. The van der Waals surface area contributed by atoms with Gasteiger partial charge >= 0.3 is 0 Å². The maximum Gasteiger partial charge on any atom is 0.239 e. The monoisotopic (exact) mass is 401 g/mol. The molecule has 3 rings (SSSR count). The molecule has 2 fully saturated rings. The van der Waals surface area contributed by atoms with Gasteiger partial charge in [0.25, 0.3) is 0 Å². The number of hydrogen-bond acceptors (Lipinski definition) is 5. The molecule has 29 heavy (non-hydrogen) atoms. The summed E-state index contributed by atoms with van der Waals surface area (Å²) >= 11 is 0. The van der Waals surface area contributed by atoms with Crippen LogP contribution in [-0.2, 0) is 9.59 Å². The topological polar surface area (TPSA) is 82.8 Å². The fourth-order valence-corrected chi connectivity index (χ4v) is 4.34. The molecular weight excluding hydrogens is 366 g/mol. The summed E-state index contributed by atoms with van der Waals surface area (Å²) in [5, 5.41) is 0. The minimum Gasteiger partial charge on any atom is -0.368 e. The third-order valence-electron chi connectivity index (χ3n) is 6.24. The van der Waals surface area contributed by atoms with Gasteiger partial charge in [0.05, 0.1) is 6.04 Å². The van der Waals surface area contributed by atoms with E-state index < -0.39 is 6.04 Å². The number of amides is 2. The van der Waals surface area contributed by atoms with Crippen LogP contribution in [0.15, 0.2) is 24.5 Å². The van der Waals surface area contributed by atoms with E-state index in [1.54, 1.807) is 12.4 Å². The molecule has 2 N–H and O–H groups in total. The number of hydrogen-bond donors (Lipinski definition) is 1. The number of pyridine rings is 1. The van der Waals surface area contributed by atoms with Crippen molar-refractivity contribution < 1.29 is 9.59 Å². The van der Waals surface area contributed by atoms with E-state index in [1.165, 1.54) is 0 Å². The molecule has 0 bridgehead atoms. The van der Waals surface area contributed by atoms with E-state index in [-0.39, 0.29) is 11.8 Å². The molecule has 2 saturated heterocycles. The smallest absolute Gasteiger partial charge is 0.239 e. The van der Waals surface area contributed by atoms with Gasteiger partial charge in [0.2, 0.25) is 11.8 Å². The Morgan fingerprint density at radius 2 is 1.72 bits per heavy atom. The number of nitrogens with zero attached hydrogens (tertiary/aromatic N) is 4. The Morgan fingerprint density at radius 3 is 2.34 bits per heavy atom. The SMILES string of the molecule is CCCCC(=O)N1CCC(CC(N)C(=O)N2CCN(c3ccncc3)CC2)CC1. The van der Waals surface area contributed by atoms with Crippen LogP contribution in [-0.4, -0.2) is 71.9 Å². The molecule has 0 spiro atoms. The van der Waals surface area contributed by atoms with Crippen LogP contribution in [0, 0.1) is 5.92 Å². The number of likely N-dealkylation sites (tertiary alicyclic amines) is 1. The summed E-state index contributed by atoms with van der Waals surface area (Å²) in [5.74, 6) is 0.779. The van der Waals surface area contributed by atoms with Crippen molar-refractivity contribution in [3.05, 3.63) is 24.5 Å². The van der Waals surface area contributed by atoms with Crippen LogP contribution in [0.5, 0.6) is 0 Å². The van der Waals surface area contributed by atoms with Crippen molar-refractivity contribution in [1.29, 1.82) is 0 Å². The highest BCUT2D eigenvalue weighted by atomic mass is 16.2. The molecule has 7 heteroatoms. The van der Waals surface area contributed by atoms with Crippen LogP contribution in [0.4, 0.5) is 5.69 Å². The predicted octanol–water partition coefficient (Wildman–Crippen LogP) is 1.88. The van der Waals surface area contributed by atoms with Crippen molar-refractivity contribution in [1.82, 2.24) is 14.8 Å². The van der Waals surface area contributed by atoms with E-state index in [4.69, 9.17) is 5.73 Å². The molecular formula is C22H35N5O2. The summed E-state index contributed by atoms with van der Waals surface area (Å²) in [6.07, 6.45) is 8.90. The number of piperazine rings is 1. The van der Waals surface area contributed by atoms with Crippen LogP contribution in [0.25, 0.3) is 0 Å². The molecule has 1 atom stereocenters. The summed E-state index contributed by atoms with van der Waals surface area (Å²) in [7, 11) is 0. The van der Waals surface area contributed by atoms with Crippen LogP contribution in [0.1, 0.15) is 45.4 Å². The maximum absolute atomic E-state index is 12.8. The lowest BCUT2D eigenvalue weighted by atomic mass is 9.89. The van der Waals surface area contributed by atoms with E-state index in [0.717, 1.165) is 64.0 Å². The Labute approximate surface area is 174 Å². The van der Waals surface area contributed by atoms with Crippen LogP contribution in [0.2, 0.25) is 0 Å². The summed E-state index contributed by atoms with van der Waals surface area (Å²) in [4.78, 5) is 35.2. The molecule has 1 unspecified atom stereocenters. The van der Waals surface area contributed by atoms with Crippen molar-refractivity contribution in [2.45, 2.75) is 51.5 Å². The van der Waals surface area contributed by atoms with Crippen LogP contribution in [0.3, 0.4) is 0 Å². The maximum atomic E-state index is 12.8. The Morgan fingerprint density at radius 1 is 1.07 bits per heavy atom. The number of rotatable bonds is 7. The van der Waals surface area contributed by atoms with Crippen molar-refractivity contribution in [3.63, 3.8) is 0 Å². The van der Waals surface area contributed by atoms with Crippen LogP contribution >= 0.6 is 0 Å². The van der Waals surface area contributed by atoms with Gasteiger partial charge in [-0.2, -0.15) is 0 Å². The largest absolute Gasteiger partial charge is 0.368 e. The first-order valence-electron chi connectivity index (χ1n) is 11.1. The fraction of sp³-hybridized carbons (Fsp3) is 0.682. The number of carbonyl (C=O) groups excluding carboxylic acids is 2. The third-order valence-corrected chi connectivity index (χ3v) is 6.24. The Hall–Kier alpha value is -2.15. The van der Waals surface area contributed by atoms with Crippen molar-refractivity contribution in [3.8, 4) is 0 Å². The molecule has 1 aromatic rings. The van der Waals surface area contributed by atoms with Gasteiger partial charge in [-0.25, -0.2) is 0 Å². The van der Waals surface area contributed by atoms with E-state index in [2.05, 4.69) is 16.8 Å². The molecule has 7 nitrogen and oxygen atoms in total. The zero-order valence-electron chi connectivity index (χ0n) is 17.6. The van der Waals surface area contributed by atoms with Gasteiger partial charge in [-0.15, -0.1) is 0 Å². The van der Waals surface area contributed by atoms with E-state index in [1.807, 2.05) is 21.9 Å². The number of unbranched alkanes of at least 4 members (excludes halogenated alkanes) is 1. The third kappa shape index (κ3) is 5.92. The minimum atomic E-state index is -0.435. The molecule has 0 saturated carbocycles. The highest BCUT2D eigenvalue weighted by Crippen LogP contribution is 2.23. The van der Waals surface area contributed by atoms with E-state index >= 15 is 0 Å². The lowest BCUT2D eigenvalue weighted by molar-refractivity contribution is -0.135. The first-order chi connectivity index (χ1) is 14.1. The van der Waals surface area contributed by atoms with Crippen LogP contribution < -0.4 is 10.6 Å². The summed E-state index contributed by atoms with van der Waals surface area (Å²) in [6, 6.07) is 3.57. The van der Waals surface area contributed by atoms with Gasteiger partial charge in [0.1, 0.15) is 0 Å². The average Bonchev–Trinajstić information content (AvgIpc) is 2.78. The summed E-state index contributed by atoms with van der Waals surface area (Å²) in [6.45, 7) is 6.77. The highest BCUT2D eigenvalue weighted by Gasteiger charge is 2.29. The second kappa shape index (κ2) is 10.6. The molecule has 1 aromatic heterocycles. The standard InChI is InChI=1S/C22H35N5O2/c1-2-3-4-21(28)26-11-7-18(8-12-26)17-20(23)22(29)27-15-13-25(14-16-27)19-5-9-24-10-6-19/h5-6,9-10,18,20H,2-4,7-8,11-17,23H2,1H3. The predicted molar refractivity (Wildman–Crippen MR) is 114 cm³/mol. The van der Waals surface area contributed by atoms with Gasteiger partial charge in [0, 0.05) is 63.8 Å². The molecule has 160 valence electrons. The molecule has 2 aliphatic rings. The van der Waals surface area contributed by atoms with Gasteiger partial charge in [-0.05, 0) is 43.7 Å². The molecule has 2 amide bonds. The number of anilines is 1. The number of nitrogens with two attached hydrogens (primary N) is 1. The van der Waals surface area contributed by atoms with Crippen molar-refractivity contribution in [2.75, 3.05) is 44.2 Å². The Balaban J connectivity index is 1.39. The van der Waals surface area contributed by atoms with Crippen molar-refractivity contribution in [2.24, 2.45) is 11.7 Å². The Kier molecular flexibility index (Phi) is 7.86. The highest BCUT2D eigenvalue weighted by molar-refractivity contribution is 5.82. The molecule has 0 radical (unpaired) electrons. The minimum absolute atomic E-state index is 0.0702. The second-order valence-corrected chi connectivity index (χ2v) is 8.29. The lowest BCUT2D eigenvalue weighted by Crippen LogP contribution is -2.53. The van der Waals surface area contributed by atoms with E-state index in [9.17, 15) is 9.59 Å². The normalized spacial score (nSPS) is 19.3. The van der Waals surface area contributed by atoms with Gasteiger partial charge in [-0.1, -0.05) is 13.3 Å². The fourth-order valence-electron chi connectivity index (χ4n) is 4.34. The quantitative estimate of drug-likeness (QED) is 0.754.